The van der Waals surface area contributed by atoms with Crippen LogP contribution in [0.3, 0.4) is 0 Å². The highest BCUT2D eigenvalue weighted by atomic mass is 16.5. The molecule has 0 bridgehead atoms. The number of carbonyl (C=O) groups is 1. The van der Waals surface area contributed by atoms with Crippen molar-refractivity contribution in [1.29, 1.82) is 0 Å². The third-order valence-electron chi connectivity index (χ3n) is 5.87. The molecular formula is C16H25NO3. The second kappa shape index (κ2) is 5.08. The van der Waals surface area contributed by atoms with Crippen LogP contribution in [0.4, 0.5) is 0 Å². The minimum atomic E-state index is -0.176. The number of ether oxygens (including phenoxy) is 2. The van der Waals surface area contributed by atoms with Crippen molar-refractivity contribution in [2.45, 2.75) is 62.7 Å². The van der Waals surface area contributed by atoms with Crippen LogP contribution in [0.15, 0.2) is 0 Å². The third-order valence-corrected chi connectivity index (χ3v) is 5.87. The topological polar surface area (TPSA) is 38.8 Å². The molecule has 112 valence electrons. The molecule has 3 atom stereocenters. The number of hydrogen-bond donors (Lipinski definition) is 0. The first-order chi connectivity index (χ1) is 9.76. The molecule has 0 amide bonds. The van der Waals surface area contributed by atoms with Crippen molar-refractivity contribution in [3.05, 3.63) is 0 Å². The number of Topliss-reactive ketones (excluding diaryl/α,β-unsaturated/α-hetero) is 1. The summed E-state index contributed by atoms with van der Waals surface area (Å²) in [6.45, 7) is 3.49. The Hall–Kier alpha value is -0.450. The van der Waals surface area contributed by atoms with Crippen LogP contribution in [0.25, 0.3) is 0 Å². The summed E-state index contributed by atoms with van der Waals surface area (Å²) in [7, 11) is 0. The van der Waals surface area contributed by atoms with Crippen LogP contribution < -0.4 is 0 Å². The lowest BCUT2D eigenvalue weighted by Gasteiger charge is -2.47. The van der Waals surface area contributed by atoms with Crippen LogP contribution >= 0.6 is 0 Å². The van der Waals surface area contributed by atoms with E-state index in [0.717, 1.165) is 52.0 Å². The molecule has 0 N–H and O–H groups in total. The van der Waals surface area contributed by atoms with Crippen molar-refractivity contribution in [3.63, 3.8) is 0 Å². The van der Waals surface area contributed by atoms with Gasteiger partial charge in [-0.2, -0.15) is 0 Å². The van der Waals surface area contributed by atoms with Crippen molar-refractivity contribution >= 4 is 5.78 Å². The van der Waals surface area contributed by atoms with Crippen LogP contribution in [0, 0.1) is 5.92 Å². The lowest BCUT2D eigenvalue weighted by Crippen LogP contribution is -2.53. The summed E-state index contributed by atoms with van der Waals surface area (Å²) < 4.78 is 11.8. The van der Waals surface area contributed by atoms with Crippen LogP contribution in [0.2, 0.25) is 0 Å². The SMILES string of the molecule is O=C(C1CCOC2(CCC2)C1)C1CN2CCCC2CO1. The maximum atomic E-state index is 12.8. The van der Waals surface area contributed by atoms with Crippen LogP contribution in [0.1, 0.15) is 44.9 Å². The number of rotatable bonds is 2. The summed E-state index contributed by atoms with van der Waals surface area (Å²) in [6.07, 6.45) is 7.71. The van der Waals surface area contributed by atoms with Gasteiger partial charge in [-0.05, 0) is 51.5 Å². The Kier molecular flexibility index (Phi) is 3.36. The maximum Gasteiger partial charge on any atom is 0.166 e. The lowest BCUT2D eigenvalue weighted by molar-refractivity contribution is -0.166. The maximum absolute atomic E-state index is 12.8. The number of fused-ring (bicyclic) bond motifs is 1. The zero-order valence-electron chi connectivity index (χ0n) is 12.2. The molecule has 4 fully saturated rings. The molecule has 3 aliphatic heterocycles. The van der Waals surface area contributed by atoms with Crippen LogP contribution in [-0.2, 0) is 14.3 Å². The third kappa shape index (κ3) is 2.22. The van der Waals surface area contributed by atoms with E-state index in [4.69, 9.17) is 9.47 Å². The van der Waals surface area contributed by atoms with Crippen molar-refractivity contribution in [2.24, 2.45) is 5.92 Å². The van der Waals surface area contributed by atoms with E-state index in [1.807, 2.05) is 0 Å². The number of ketones is 1. The summed E-state index contributed by atoms with van der Waals surface area (Å²) in [4.78, 5) is 15.2. The predicted molar refractivity (Wildman–Crippen MR) is 74.6 cm³/mol. The lowest BCUT2D eigenvalue weighted by atomic mass is 9.70. The van der Waals surface area contributed by atoms with Crippen molar-refractivity contribution in [1.82, 2.24) is 4.90 Å². The summed E-state index contributed by atoms with van der Waals surface area (Å²) in [5, 5.41) is 0. The summed E-state index contributed by atoms with van der Waals surface area (Å²) in [5.41, 5.74) is 0.0590. The quantitative estimate of drug-likeness (QED) is 0.772. The minimum absolute atomic E-state index is 0.0590. The standard InChI is InChI=1S/C16H25NO3/c18-15(12-4-8-20-16(9-12)5-2-6-16)14-10-17-7-1-3-13(17)11-19-14/h12-14H,1-11H2. The van der Waals surface area contributed by atoms with Gasteiger partial charge < -0.3 is 9.47 Å². The molecule has 0 radical (unpaired) electrons. The molecule has 4 aliphatic rings. The monoisotopic (exact) mass is 279 g/mol. The van der Waals surface area contributed by atoms with Crippen LogP contribution in [0.5, 0.6) is 0 Å². The molecule has 4 nitrogen and oxygen atoms in total. The molecule has 0 aromatic heterocycles. The predicted octanol–water partition coefficient (Wildman–Crippen LogP) is 1.77. The highest BCUT2D eigenvalue weighted by Gasteiger charge is 2.46. The zero-order chi connectivity index (χ0) is 13.6. The summed E-state index contributed by atoms with van der Waals surface area (Å²) >= 11 is 0. The molecule has 0 aromatic rings. The van der Waals surface area contributed by atoms with Crippen molar-refractivity contribution in [3.8, 4) is 0 Å². The molecule has 3 heterocycles. The van der Waals surface area contributed by atoms with Gasteiger partial charge in [-0.1, -0.05) is 0 Å². The summed E-state index contributed by atoms with van der Waals surface area (Å²) in [6, 6.07) is 0.576. The normalized spacial score (nSPS) is 40.3. The number of carbonyl (C=O) groups excluding carboxylic acids is 1. The molecule has 3 unspecified atom stereocenters. The average molecular weight is 279 g/mol. The first-order valence-corrected chi connectivity index (χ1v) is 8.29. The molecule has 3 saturated heterocycles. The van der Waals surface area contributed by atoms with E-state index in [1.165, 1.54) is 19.3 Å². The van der Waals surface area contributed by atoms with Gasteiger partial charge in [-0.3, -0.25) is 9.69 Å². The Morgan fingerprint density at radius 2 is 2.10 bits per heavy atom. The van der Waals surface area contributed by atoms with Crippen molar-refractivity contribution in [2.75, 3.05) is 26.3 Å². The van der Waals surface area contributed by atoms with Gasteiger partial charge in [0.15, 0.2) is 5.78 Å². The molecule has 1 saturated carbocycles. The van der Waals surface area contributed by atoms with Gasteiger partial charge in [-0.25, -0.2) is 0 Å². The first-order valence-electron chi connectivity index (χ1n) is 8.29. The van der Waals surface area contributed by atoms with Gasteiger partial charge in [0.2, 0.25) is 0 Å². The molecule has 4 heteroatoms. The van der Waals surface area contributed by atoms with Gasteiger partial charge in [0, 0.05) is 25.1 Å². The van der Waals surface area contributed by atoms with E-state index in [2.05, 4.69) is 4.90 Å². The van der Waals surface area contributed by atoms with E-state index in [9.17, 15) is 4.79 Å². The largest absolute Gasteiger partial charge is 0.375 e. The van der Waals surface area contributed by atoms with Gasteiger partial charge in [-0.15, -0.1) is 0 Å². The Bertz CT molecular complexity index is 393. The Labute approximate surface area is 120 Å². The highest BCUT2D eigenvalue weighted by Crippen LogP contribution is 2.44. The molecule has 1 aliphatic carbocycles. The van der Waals surface area contributed by atoms with E-state index in [1.54, 1.807) is 0 Å². The number of morpholine rings is 1. The zero-order valence-corrected chi connectivity index (χ0v) is 12.2. The van der Waals surface area contributed by atoms with E-state index in [0.29, 0.717) is 11.8 Å². The number of nitrogens with zero attached hydrogens (tertiary/aromatic N) is 1. The second-order valence-corrected chi connectivity index (χ2v) is 7.09. The number of hydrogen-bond acceptors (Lipinski definition) is 4. The van der Waals surface area contributed by atoms with E-state index in [-0.39, 0.29) is 17.6 Å². The fourth-order valence-corrected chi connectivity index (χ4v) is 4.44. The fraction of sp³-hybridized carbons (Fsp3) is 0.938. The smallest absolute Gasteiger partial charge is 0.166 e. The molecule has 20 heavy (non-hydrogen) atoms. The second-order valence-electron chi connectivity index (χ2n) is 7.09. The first kappa shape index (κ1) is 13.2. The van der Waals surface area contributed by atoms with Crippen molar-refractivity contribution < 1.29 is 14.3 Å². The molecule has 0 aromatic carbocycles. The van der Waals surface area contributed by atoms with Gasteiger partial charge >= 0.3 is 0 Å². The Morgan fingerprint density at radius 1 is 1.20 bits per heavy atom. The minimum Gasteiger partial charge on any atom is -0.375 e. The molecule has 4 rings (SSSR count). The van der Waals surface area contributed by atoms with Crippen LogP contribution in [-0.4, -0.2) is 54.7 Å². The fourth-order valence-electron chi connectivity index (χ4n) is 4.44. The van der Waals surface area contributed by atoms with Gasteiger partial charge in [0.1, 0.15) is 6.10 Å². The Morgan fingerprint density at radius 3 is 2.90 bits per heavy atom. The summed E-state index contributed by atoms with van der Waals surface area (Å²) in [5.74, 6) is 0.526. The average Bonchev–Trinajstić information content (AvgIpc) is 2.92. The van der Waals surface area contributed by atoms with E-state index < -0.39 is 0 Å². The Balaban J connectivity index is 1.39. The molecular weight excluding hydrogens is 254 g/mol. The van der Waals surface area contributed by atoms with E-state index >= 15 is 0 Å². The van der Waals surface area contributed by atoms with Gasteiger partial charge in [0.25, 0.3) is 0 Å². The highest BCUT2D eigenvalue weighted by molar-refractivity contribution is 5.86. The van der Waals surface area contributed by atoms with Gasteiger partial charge in [0.05, 0.1) is 12.2 Å². The molecule has 1 spiro atoms.